The molecule has 0 aliphatic heterocycles. The maximum absolute atomic E-state index is 12.5. The minimum absolute atomic E-state index is 0.317. The van der Waals surface area contributed by atoms with Crippen LogP contribution in [0.15, 0.2) is 29.1 Å². The summed E-state index contributed by atoms with van der Waals surface area (Å²) in [4.78, 5) is 6.60. The van der Waals surface area contributed by atoms with Gasteiger partial charge in [-0.2, -0.15) is 5.10 Å². The first kappa shape index (κ1) is 9.90. The summed E-state index contributed by atoms with van der Waals surface area (Å²) in [7, 11) is 0. The fourth-order valence-corrected chi connectivity index (χ4v) is 0.642. The van der Waals surface area contributed by atoms with Crippen LogP contribution in [0.25, 0.3) is 0 Å². The maximum atomic E-state index is 12.5. The van der Waals surface area contributed by atoms with Gasteiger partial charge in [0.05, 0.1) is 12.4 Å². The second kappa shape index (κ2) is 4.75. The van der Waals surface area contributed by atoms with Crippen molar-refractivity contribution in [2.24, 2.45) is 10.8 Å². The Labute approximate surface area is 79.2 Å². The van der Waals surface area contributed by atoms with Crippen molar-refractivity contribution < 1.29 is 4.39 Å². The van der Waals surface area contributed by atoms with Gasteiger partial charge in [0, 0.05) is 12.4 Å². The zero-order valence-corrected chi connectivity index (χ0v) is 7.16. The smallest absolute Gasteiger partial charge is 0.182 e. The standard InChI is InChI=1S/C7H9FN6/c8-5(3-9)7(10)14-13-4-6-11-1-2-12-6/h1-4,9,14H,10H2,(H,11,12)/b7-5-,9-3?,13-4+. The molecule has 0 aliphatic rings. The van der Waals surface area contributed by atoms with Gasteiger partial charge in [0.25, 0.3) is 0 Å². The maximum Gasteiger partial charge on any atom is 0.182 e. The summed E-state index contributed by atoms with van der Waals surface area (Å²) in [6.07, 6.45) is 5.01. The van der Waals surface area contributed by atoms with Gasteiger partial charge < -0.3 is 16.1 Å². The summed E-state index contributed by atoms with van der Waals surface area (Å²) >= 11 is 0. The molecule has 0 spiro atoms. The summed E-state index contributed by atoms with van der Waals surface area (Å²) < 4.78 is 12.5. The Morgan fingerprint density at radius 3 is 3.14 bits per heavy atom. The van der Waals surface area contributed by atoms with Crippen LogP contribution in [0.5, 0.6) is 0 Å². The molecule has 0 saturated heterocycles. The number of nitrogens with zero attached hydrogens (tertiary/aromatic N) is 2. The van der Waals surface area contributed by atoms with Crippen molar-refractivity contribution in [3.63, 3.8) is 0 Å². The van der Waals surface area contributed by atoms with Gasteiger partial charge in [-0.05, 0) is 0 Å². The number of aromatic amines is 1. The van der Waals surface area contributed by atoms with E-state index in [9.17, 15) is 4.39 Å². The van der Waals surface area contributed by atoms with Crippen molar-refractivity contribution >= 4 is 12.4 Å². The van der Waals surface area contributed by atoms with E-state index < -0.39 is 5.83 Å². The third-order valence-corrected chi connectivity index (χ3v) is 1.28. The predicted octanol–water partition coefficient (Wildman–Crippen LogP) is 0.0801. The average Bonchev–Trinajstić information content (AvgIpc) is 2.69. The molecule has 0 fully saturated rings. The predicted molar refractivity (Wildman–Crippen MR) is 50.4 cm³/mol. The number of allylic oxidation sites excluding steroid dienone is 1. The van der Waals surface area contributed by atoms with E-state index in [1.807, 2.05) is 0 Å². The number of hydrogen-bond acceptors (Lipinski definition) is 5. The third-order valence-electron chi connectivity index (χ3n) is 1.28. The van der Waals surface area contributed by atoms with Crippen LogP contribution in [0.1, 0.15) is 5.82 Å². The Balaban J connectivity index is 2.53. The van der Waals surface area contributed by atoms with Crippen LogP contribution in [0.2, 0.25) is 0 Å². The van der Waals surface area contributed by atoms with E-state index in [0.717, 1.165) is 0 Å². The molecule has 0 amide bonds. The topological polar surface area (TPSA) is 103 Å². The Morgan fingerprint density at radius 1 is 1.79 bits per heavy atom. The van der Waals surface area contributed by atoms with E-state index in [2.05, 4.69) is 20.5 Å². The number of imidazole rings is 1. The van der Waals surface area contributed by atoms with Crippen LogP contribution in [0, 0.1) is 5.41 Å². The van der Waals surface area contributed by atoms with Gasteiger partial charge in [0.15, 0.2) is 11.6 Å². The van der Waals surface area contributed by atoms with Crippen molar-refractivity contribution in [2.45, 2.75) is 0 Å². The highest BCUT2D eigenvalue weighted by Gasteiger charge is 1.95. The van der Waals surface area contributed by atoms with Crippen molar-refractivity contribution in [3.8, 4) is 0 Å². The largest absolute Gasteiger partial charge is 0.382 e. The first-order valence-electron chi connectivity index (χ1n) is 3.68. The first-order valence-corrected chi connectivity index (χ1v) is 3.68. The minimum atomic E-state index is -0.874. The van der Waals surface area contributed by atoms with Crippen LogP contribution >= 0.6 is 0 Å². The number of halogens is 1. The summed E-state index contributed by atoms with van der Waals surface area (Å²) in [5, 5.41) is 10.2. The lowest BCUT2D eigenvalue weighted by molar-refractivity contribution is 0.649. The molecule has 6 nitrogen and oxygen atoms in total. The van der Waals surface area contributed by atoms with Crippen molar-refractivity contribution in [1.29, 1.82) is 5.41 Å². The van der Waals surface area contributed by atoms with Crippen LogP contribution in [0.4, 0.5) is 4.39 Å². The van der Waals surface area contributed by atoms with Gasteiger partial charge in [-0.3, -0.25) is 5.43 Å². The molecule has 14 heavy (non-hydrogen) atoms. The molecule has 1 heterocycles. The van der Waals surface area contributed by atoms with Gasteiger partial charge >= 0.3 is 0 Å². The van der Waals surface area contributed by atoms with Gasteiger partial charge in [-0.25, -0.2) is 9.37 Å². The van der Waals surface area contributed by atoms with E-state index in [1.165, 1.54) is 6.21 Å². The van der Waals surface area contributed by atoms with Crippen LogP contribution in [-0.2, 0) is 0 Å². The van der Waals surface area contributed by atoms with Gasteiger partial charge in [-0.15, -0.1) is 0 Å². The lowest BCUT2D eigenvalue weighted by atomic mass is 10.5. The second-order valence-corrected chi connectivity index (χ2v) is 2.25. The van der Waals surface area contributed by atoms with E-state index in [0.29, 0.717) is 12.0 Å². The Hall–Kier alpha value is -2.18. The molecule has 1 aromatic heterocycles. The summed E-state index contributed by atoms with van der Waals surface area (Å²) in [5.74, 6) is -0.676. The number of aromatic nitrogens is 2. The average molecular weight is 196 g/mol. The fraction of sp³-hybridized carbons (Fsp3) is 0. The van der Waals surface area contributed by atoms with Crippen molar-refractivity contribution in [1.82, 2.24) is 15.4 Å². The SMILES string of the molecule is N=C/C(F)=C(\N)N/N=C/c1ncc[nH]1. The number of rotatable bonds is 4. The fourth-order valence-electron chi connectivity index (χ4n) is 0.642. The normalized spacial score (nSPS) is 12.6. The zero-order valence-electron chi connectivity index (χ0n) is 7.16. The number of hydrazone groups is 1. The van der Waals surface area contributed by atoms with Crippen molar-refractivity contribution in [3.05, 3.63) is 29.9 Å². The van der Waals surface area contributed by atoms with Gasteiger partial charge in [0.2, 0.25) is 0 Å². The molecule has 1 aromatic rings. The van der Waals surface area contributed by atoms with Gasteiger partial charge in [-0.1, -0.05) is 0 Å². The zero-order chi connectivity index (χ0) is 10.4. The van der Waals surface area contributed by atoms with E-state index in [-0.39, 0.29) is 5.82 Å². The molecule has 0 aliphatic carbocycles. The molecule has 74 valence electrons. The molecule has 1 rings (SSSR count). The van der Waals surface area contributed by atoms with E-state index in [1.54, 1.807) is 12.4 Å². The molecule has 0 bridgehead atoms. The van der Waals surface area contributed by atoms with Crippen LogP contribution in [0.3, 0.4) is 0 Å². The number of nitrogens with one attached hydrogen (secondary N) is 3. The molecule has 0 saturated carbocycles. The highest BCUT2D eigenvalue weighted by Crippen LogP contribution is 1.92. The molecule has 7 heteroatoms. The lowest BCUT2D eigenvalue weighted by Crippen LogP contribution is -2.16. The second-order valence-electron chi connectivity index (χ2n) is 2.25. The molecule has 0 unspecified atom stereocenters. The minimum Gasteiger partial charge on any atom is -0.382 e. The molecule has 0 aromatic carbocycles. The highest BCUT2D eigenvalue weighted by atomic mass is 19.1. The molecular formula is C7H9FN6. The quantitative estimate of drug-likeness (QED) is 0.405. The highest BCUT2D eigenvalue weighted by molar-refractivity contribution is 5.75. The Morgan fingerprint density at radius 2 is 2.57 bits per heavy atom. The summed E-state index contributed by atoms with van der Waals surface area (Å²) in [6, 6.07) is 0. The molecular weight excluding hydrogens is 187 g/mol. The van der Waals surface area contributed by atoms with E-state index >= 15 is 0 Å². The molecule has 5 N–H and O–H groups in total. The summed E-state index contributed by atoms with van der Waals surface area (Å²) in [6.45, 7) is 0. The number of hydrogen-bond donors (Lipinski definition) is 4. The summed E-state index contributed by atoms with van der Waals surface area (Å²) in [5.41, 5.74) is 7.38. The number of nitrogens with two attached hydrogens (primary N) is 1. The lowest BCUT2D eigenvalue weighted by Gasteiger charge is -1.97. The Bertz CT molecular complexity index is 352. The Kier molecular flexibility index (Phi) is 3.36. The third kappa shape index (κ3) is 2.70. The van der Waals surface area contributed by atoms with Crippen LogP contribution < -0.4 is 11.2 Å². The monoisotopic (exact) mass is 196 g/mol. The van der Waals surface area contributed by atoms with Crippen LogP contribution in [-0.4, -0.2) is 22.4 Å². The van der Waals surface area contributed by atoms with Crippen molar-refractivity contribution in [2.75, 3.05) is 0 Å². The number of H-pyrrole nitrogens is 1. The molecule has 0 atom stereocenters. The molecule has 0 radical (unpaired) electrons. The first-order chi connectivity index (χ1) is 6.74. The van der Waals surface area contributed by atoms with E-state index in [4.69, 9.17) is 11.1 Å². The van der Waals surface area contributed by atoms with Gasteiger partial charge in [0.1, 0.15) is 5.82 Å².